The van der Waals surface area contributed by atoms with Crippen molar-refractivity contribution in [2.24, 2.45) is 4.99 Å². The van der Waals surface area contributed by atoms with Gasteiger partial charge in [0.1, 0.15) is 11.4 Å². The first-order valence-corrected chi connectivity index (χ1v) is 8.97. The van der Waals surface area contributed by atoms with Crippen LogP contribution in [-0.2, 0) is 14.3 Å². The second kappa shape index (κ2) is 9.99. The molecule has 26 heavy (non-hydrogen) atoms. The first-order valence-electron chi connectivity index (χ1n) is 8.97. The predicted molar refractivity (Wildman–Crippen MR) is 102 cm³/mol. The van der Waals surface area contributed by atoms with Crippen molar-refractivity contribution < 1.29 is 19.1 Å². The van der Waals surface area contributed by atoms with Gasteiger partial charge >= 0.3 is 12.1 Å². The van der Waals surface area contributed by atoms with Crippen LogP contribution in [0.1, 0.15) is 47.5 Å². The Morgan fingerprint density at radius 3 is 2.42 bits per heavy atom. The van der Waals surface area contributed by atoms with Gasteiger partial charge in [-0.25, -0.2) is 14.6 Å². The number of carbonyl (C=O) groups excluding carboxylic acids is 2. The SMILES string of the molecule is C=C(/N=C\C(=C/C)C(=O)OCC)N1CCC(NC(=O)OC(C)(C)C)CC1. The van der Waals surface area contributed by atoms with E-state index in [0.717, 1.165) is 25.9 Å². The molecule has 1 aliphatic rings. The van der Waals surface area contributed by atoms with Crippen molar-refractivity contribution >= 4 is 18.3 Å². The summed E-state index contributed by atoms with van der Waals surface area (Å²) in [5.41, 5.74) is -0.105. The van der Waals surface area contributed by atoms with Crippen LogP contribution >= 0.6 is 0 Å². The van der Waals surface area contributed by atoms with E-state index in [1.54, 1.807) is 19.9 Å². The second-order valence-corrected chi connectivity index (χ2v) is 7.05. The summed E-state index contributed by atoms with van der Waals surface area (Å²) in [6.07, 6.45) is 4.31. The fourth-order valence-corrected chi connectivity index (χ4v) is 2.44. The normalized spacial score (nSPS) is 16.5. The zero-order valence-electron chi connectivity index (χ0n) is 16.5. The van der Waals surface area contributed by atoms with Gasteiger partial charge in [-0.15, -0.1) is 0 Å². The largest absolute Gasteiger partial charge is 0.462 e. The van der Waals surface area contributed by atoms with Crippen LogP contribution in [0.4, 0.5) is 4.79 Å². The Kier molecular flexibility index (Phi) is 8.35. The van der Waals surface area contributed by atoms with Gasteiger partial charge in [0.15, 0.2) is 0 Å². The molecule has 146 valence electrons. The van der Waals surface area contributed by atoms with E-state index in [1.165, 1.54) is 6.21 Å². The van der Waals surface area contributed by atoms with Crippen molar-refractivity contribution in [3.63, 3.8) is 0 Å². The Morgan fingerprint density at radius 2 is 1.92 bits per heavy atom. The molecule has 0 aromatic rings. The second-order valence-electron chi connectivity index (χ2n) is 7.05. The van der Waals surface area contributed by atoms with Crippen LogP contribution < -0.4 is 5.32 Å². The quantitative estimate of drug-likeness (QED) is 0.445. The number of hydrogen-bond acceptors (Lipinski definition) is 6. The van der Waals surface area contributed by atoms with E-state index in [1.807, 2.05) is 25.7 Å². The third-order valence-electron chi connectivity index (χ3n) is 3.76. The lowest BCUT2D eigenvalue weighted by atomic mass is 10.1. The number of esters is 1. The van der Waals surface area contributed by atoms with Crippen LogP contribution in [0.3, 0.4) is 0 Å². The Hall–Kier alpha value is -2.31. The van der Waals surface area contributed by atoms with E-state index < -0.39 is 11.6 Å². The van der Waals surface area contributed by atoms with Crippen LogP contribution in [0.5, 0.6) is 0 Å². The third-order valence-corrected chi connectivity index (χ3v) is 3.76. The summed E-state index contributed by atoms with van der Waals surface area (Å²) in [6, 6.07) is 0.0727. The zero-order valence-corrected chi connectivity index (χ0v) is 16.5. The summed E-state index contributed by atoms with van der Waals surface area (Å²) in [7, 11) is 0. The summed E-state index contributed by atoms with van der Waals surface area (Å²) in [5.74, 6) is 0.191. The molecule has 1 fully saturated rings. The van der Waals surface area contributed by atoms with E-state index in [-0.39, 0.29) is 12.1 Å². The van der Waals surface area contributed by atoms with Crippen LogP contribution in [0.15, 0.2) is 29.0 Å². The first-order chi connectivity index (χ1) is 12.2. The molecule has 0 aromatic heterocycles. The summed E-state index contributed by atoms with van der Waals surface area (Å²) in [4.78, 5) is 29.9. The minimum atomic E-state index is -0.503. The summed E-state index contributed by atoms with van der Waals surface area (Å²) >= 11 is 0. The van der Waals surface area contributed by atoms with Crippen molar-refractivity contribution in [3.8, 4) is 0 Å². The Balaban J connectivity index is 2.47. The lowest BCUT2D eigenvalue weighted by Gasteiger charge is -2.33. The molecule has 1 saturated heterocycles. The van der Waals surface area contributed by atoms with Gasteiger partial charge < -0.3 is 19.7 Å². The fourth-order valence-electron chi connectivity index (χ4n) is 2.44. The lowest BCUT2D eigenvalue weighted by Crippen LogP contribution is -2.45. The Morgan fingerprint density at radius 1 is 1.31 bits per heavy atom. The van der Waals surface area contributed by atoms with Gasteiger partial charge in [0.05, 0.1) is 12.2 Å². The van der Waals surface area contributed by atoms with Gasteiger partial charge in [-0.1, -0.05) is 12.7 Å². The molecule has 0 saturated carbocycles. The number of hydrogen-bond donors (Lipinski definition) is 1. The molecule has 0 atom stereocenters. The third kappa shape index (κ3) is 7.72. The summed E-state index contributed by atoms with van der Waals surface area (Å²) in [6.45, 7) is 14.8. The average Bonchev–Trinajstić information content (AvgIpc) is 2.54. The molecule has 7 heteroatoms. The maximum atomic E-state index is 11.8. The standard InChI is InChI=1S/C19H31N3O4/c1-7-15(17(23)25-8-2)13-20-14(3)22-11-9-16(10-12-22)21-18(24)26-19(4,5)6/h7,13,16H,3,8-12H2,1-2,4-6H3,(H,21,24)/b15-7+,20-13-. The van der Waals surface area contributed by atoms with Crippen LogP contribution in [-0.4, -0.2) is 54.5 Å². The van der Waals surface area contributed by atoms with Crippen LogP contribution in [0, 0.1) is 0 Å². The number of nitrogens with zero attached hydrogens (tertiary/aromatic N) is 2. The van der Waals surface area contributed by atoms with E-state index in [4.69, 9.17) is 9.47 Å². The van der Waals surface area contributed by atoms with E-state index >= 15 is 0 Å². The first kappa shape index (κ1) is 21.7. The zero-order chi connectivity index (χ0) is 19.7. The van der Waals surface area contributed by atoms with Gasteiger partial charge in [-0.05, 0) is 47.5 Å². The lowest BCUT2D eigenvalue weighted by molar-refractivity contribution is -0.137. The molecule has 0 unspecified atom stereocenters. The van der Waals surface area contributed by atoms with E-state index in [0.29, 0.717) is 18.0 Å². The molecule has 1 aliphatic heterocycles. The monoisotopic (exact) mass is 365 g/mol. The highest BCUT2D eigenvalue weighted by Gasteiger charge is 2.24. The molecule has 0 bridgehead atoms. The molecule has 0 radical (unpaired) electrons. The number of piperidine rings is 1. The van der Waals surface area contributed by atoms with Gasteiger partial charge in [0.25, 0.3) is 0 Å². The maximum absolute atomic E-state index is 11.8. The molecule has 0 aliphatic carbocycles. The molecule has 1 N–H and O–H groups in total. The predicted octanol–water partition coefficient (Wildman–Crippen LogP) is 3.03. The molecule has 1 heterocycles. The molecule has 0 aromatic carbocycles. The van der Waals surface area contributed by atoms with Crippen molar-refractivity contribution in [3.05, 3.63) is 24.0 Å². The van der Waals surface area contributed by atoms with Gasteiger partial charge in [0.2, 0.25) is 0 Å². The van der Waals surface area contributed by atoms with Crippen molar-refractivity contribution in [1.82, 2.24) is 10.2 Å². The van der Waals surface area contributed by atoms with Crippen molar-refractivity contribution in [1.29, 1.82) is 0 Å². The molecule has 1 amide bonds. The summed E-state index contributed by atoms with van der Waals surface area (Å²) < 4.78 is 10.2. The van der Waals surface area contributed by atoms with Crippen molar-refractivity contribution in [2.75, 3.05) is 19.7 Å². The average molecular weight is 365 g/mol. The number of nitrogens with one attached hydrogen (secondary N) is 1. The number of aliphatic imine (C=N–C) groups is 1. The topological polar surface area (TPSA) is 80.2 Å². The fraction of sp³-hybridized carbons (Fsp3) is 0.632. The van der Waals surface area contributed by atoms with Gasteiger partial charge in [-0.2, -0.15) is 0 Å². The number of ether oxygens (including phenoxy) is 2. The summed E-state index contributed by atoms with van der Waals surface area (Å²) in [5, 5.41) is 2.90. The smallest absolute Gasteiger partial charge is 0.407 e. The molecule has 0 spiro atoms. The number of allylic oxidation sites excluding steroid dienone is 1. The van der Waals surface area contributed by atoms with Gasteiger partial charge in [0, 0.05) is 25.3 Å². The highest BCUT2D eigenvalue weighted by Crippen LogP contribution is 2.16. The Labute approximate surface area is 156 Å². The number of amides is 1. The van der Waals surface area contributed by atoms with Crippen LogP contribution in [0.2, 0.25) is 0 Å². The highest BCUT2D eigenvalue weighted by molar-refractivity contribution is 6.09. The van der Waals surface area contributed by atoms with Crippen molar-refractivity contribution in [2.45, 2.75) is 59.1 Å². The maximum Gasteiger partial charge on any atom is 0.407 e. The minimum Gasteiger partial charge on any atom is -0.462 e. The minimum absolute atomic E-state index is 0.0727. The molecule has 7 nitrogen and oxygen atoms in total. The number of likely N-dealkylation sites (tertiary alicyclic amines) is 1. The molecule has 1 rings (SSSR count). The van der Waals surface area contributed by atoms with Crippen LogP contribution in [0.25, 0.3) is 0 Å². The number of alkyl carbamates (subject to hydrolysis) is 1. The number of carbonyl (C=O) groups is 2. The van der Waals surface area contributed by atoms with E-state index in [2.05, 4.69) is 16.9 Å². The van der Waals surface area contributed by atoms with Gasteiger partial charge in [-0.3, -0.25) is 0 Å². The molecular weight excluding hydrogens is 334 g/mol. The number of rotatable bonds is 6. The Bertz CT molecular complexity index is 568. The highest BCUT2D eigenvalue weighted by atomic mass is 16.6. The molecular formula is C19H31N3O4. The van der Waals surface area contributed by atoms with E-state index in [9.17, 15) is 9.59 Å².